The lowest BCUT2D eigenvalue weighted by atomic mass is 10.2. The van der Waals surface area contributed by atoms with Crippen molar-refractivity contribution in [2.24, 2.45) is 0 Å². The molecule has 0 aromatic heterocycles. The van der Waals surface area contributed by atoms with Gasteiger partial charge in [0.05, 0.1) is 12.2 Å². The van der Waals surface area contributed by atoms with Gasteiger partial charge in [-0.3, -0.25) is 4.79 Å². The Kier molecular flexibility index (Phi) is 4.14. The maximum absolute atomic E-state index is 12.5. The molecule has 3 atom stereocenters. The highest BCUT2D eigenvalue weighted by Gasteiger charge is 2.43. The van der Waals surface area contributed by atoms with E-state index in [1.54, 1.807) is 0 Å². The monoisotopic (exact) mass is 292 g/mol. The quantitative estimate of drug-likeness (QED) is 0.784. The number of rotatable bonds is 3. The molecule has 110 valence electrons. The van der Waals surface area contributed by atoms with E-state index in [-0.39, 0.29) is 31.8 Å². The van der Waals surface area contributed by atoms with Crippen molar-refractivity contribution in [2.75, 3.05) is 19.6 Å². The highest BCUT2D eigenvalue weighted by molar-refractivity contribution is 7.86. The van der Waals surface area contributed by atoms with Crippen molar-refractivity contribution in [3.05, 3.63) is 0 Å². The molecule has 0 saturated carbocycles. The summed E-state index contributed by atoms with van der Waals surface area (Å²) in [7, 11) is -3.72. The fourth-order valence-corrected chi connectivity index (χ4v) is 4.70. The third-order valence-electron chi connectivity index (χ3n) is 3.50. The minimum absolute atomic E-state index is 0.176. The van der Waals surface area contributed by atoms with Gasteiger partial charge in [-0.1, -0.05) is 0 Å². The van der Waals surface area contributed by atoms with E-state index in [1.165, 1.54) is 4.31 Å². The Labute approximate surface area is 113 Å². The highest BCUT2D eigenvalue weighted by Crippen LogP contribution is 2.25. The summed E-state index contributed by atoms with van der Waals surface area (Å²) in [5, 5.41) is 9.10. The fourth-order valence-electron chi connectivity index (χ4n) is 2.73. The van der Waals surface area contributed by atoms with Crippen LogP contribution in [0.4, 0.5) is 0 Å². The van der Waals surface area contributed by atoms with E-state index in [1.807, 2.05) is 13.8 Å². The van der Waals surface area contributed by atoms with Crippen LogP contribution in [-0.4, -0.2) is 66.0 Å². The number of ether oxygens (including phenoxy) is 1. The molecule has 1 N–H and O–H groups in total. The summed E-state index contributed by atoms with van der Waals surface area (Å²) in [5.74, 6) is -1.07. The zero-order valence-corrected chi connectivity index (χ0v) is 12.0. The largest absolute Gasteiger partial charge is 0.480 e. The van der Waals surface area contributed by atoms with E-state index < -0.39 is 22.2 Å². The van der Waals surface area contributed by atoms with Crippen LogP contribution in [0.3, 0.4) is 0 Å². The van der Waals surface area contributed by atoms with Crippen molar-refractivity contribution < 1.29 is 23.1 Å². The van der Waals surface area contributed by atoms with Crippen LogP contribution in [0.1, 0.15) is 26.7 Å². The molecule has 2 heterocycles. The Bertz CT molecular complexity index is 442. The van der Waals surface area contributed by atoms with Crippen LogP contribution in [0.25, 0.3) is 0 Å². The van der Waals surface area contributed by atoms with Crippen LogP contribution >= 0.6 is 0 Å². The normalized spacial score (nSPS) is 34.5. The SMILES string of the molecule is CC1CN(S(=O)(=O)N2CCCC2C(=O)O)CC(C)O1. The number of hydrogen-bond acceptors (Lipinski definition) is 4. The van der Waals surface area contributed by atoms with Gasteiger partial charge in [-0.05, 0) is 26.7 Å². The minimum atomic E-state index is -3.72. The van der Waals surface area contributed by atoms with Crippen LogP contribution in [0, 0.1) is 0 Å². The van der Waals surface area contributed by atoms with Crippen molar-refractivity contribution in [1.29, 1.82) is 0 Å². The standard InChI is InChI=1S/C11H20N2O5S/c1-8-6-12(7-9(2)18-8)19(16,17)13-5-3-4-10(13)11(14)15/h8-10H,3-7H2,1-2H3,(H,14,15). The molecular formula is C11H20N2O5S. The fraction of sp³-hybridized carbons (Fsp3) is 0.909. The topological polar surface area (TPSA) is 87.2 Å². The summed E-state index contributed by atoms with van der Waals surface area (Å²) < 4.78 is 33.0. The Morgan fingerprint density at radius 2 is 1.84 bits per heavy atom. The molecule has 0 bridgehead atoms. The molecule has 19 heavy (non-hydrogen) atoms. The van der Waals surface area contributed by atoms with Gasteiger partial charge >= 0.3 is 5.97 Å². The van der Waals surface area contributed by atoms with E-state index in [4.69, 9.17) is 9.84 Å². The second-order valence-corrected chi connectivity index (χ2v) is 7.07. The predicted octanol–water partition coefficient (Wildman–Crippen LogP) is -0.111. The molecule has 2 aliphatic heterocycles. The molecule has 2 fully saturated rings. The predicted molar refractivity (Wildman–Crippen MR) is 67.9 cm³/mol. The Morgan fingerprint density at radius 1 is 1.26 bits per heavy atom. The number of morpholine rings is 1. The molecule has 3 unspecified atom stereocenters. The molecule has 0 aromatic carbocycles. The zero-order valence-electron chi connectivity index (χ0n) is 11.2. The van der Waals surface area contributed by atoms with Gasteiger partial charge in [0.1, 0.15) is 6.04 Å². The molecule has 0 spiro atoms. The lowest BCUT2D eigenvalue weighted by Crippen LogP contribution is -2.55. The second-order valence-electron chi connectivity index (χ2n) is 5.19. The molecule has 2 saturated heterocycles. The zero-order chi connectivity index (χ0) is 14.2. The van der Waals surface area contributed by atoms with Gasteiger partial charge < -0.3 is 9.84 Å². The first-order valence-corrected chi connectivity index (χ1v) is 7.87. The van der Waals surface area contributed by atoms with Crippen molar-refractivity contribution in [3.8, 4) is 0 Å². The van der Waals surface area contributed by atoms with Crippen LogP contribution in [0.15, 0.2) is 0 Å². The molecule has 0 aromatic rings. The minimum Gasteiger partial charge on any atom is -0.480 e. The van der Waals surface area contributed by atoms with Gasteiger partial charge in [0.15, 0.2) is 0 Å². The third kappa shape index (κ3) is 2.91. The highest BCUT2D eigenvalue weighted by atomic mass is 32.2. The van der Waals surface area contributed by atoms with Crippen LogP contribution in [0.5, 0.6) is 0 Å². The van der Waals surface area contributed by atoms with Crippen LogP contribution in [0.2, 0.25) is 0 Å². The van der Waals surface area contributed by atoms with Crippen molar-refractivity contribution in [1.82, 2.24) is 8.61 Å². The number of aliphatic carboxylic acids is 1. The summed E-state index contributed by atoms with van der Waals surface area (Å²) >= 11 is 0. The van der Waals surface area contributed by atoms with Crippen LogP contribution in [-0.2, 0) is 19.7 Å². The van der Waals surface area contributed by atoms with Gasteiger partial charge in [-0.15, -0.1) is 0 Å². The average Bonchev–Trinajstić information content (AvgIpc) is 2.76. The number of carboxylic acids is 1. The summed E-state index contributed by atoms with van der Waals surface area (Å²) in [5.41, 5.74) is 0. The Hall–Kier alpha value is -0.700. The molecule has 7 nitrogen and oxygen atoms in total. The molecule has 2 aliphatic rings. The molecule has 0 radical (unpaired) electrons. The summed E-state index contributed by atoms with van der Waals surface area (Å²) in [6.07, 6.45) is 0.615. The van der Waals surface area contributed by atoms with Gasteiger partial charge in [0.25, 0.3) is 10.2 Å². The lowest BCUT2D eigenvalue weighted by molar-refractivity contribution is -0.140. The van der Waals surface area contributed by atoms with Gasteiger partial charge in [0, 0.05) is 19.6 Å². The van der Waals surface area contributed by atoms with E-state index in [0.29, 0.717) is 12.8 Å². The molecule has 2 rings (SSSR count). The van der Waals surface area contributed by atoms with Crippen molar-refractivity contribution >= 4 is 16.2 Å². The Morgan fingerprint density at radius 3 is 2.37 bits per heavy atom. The number of hydrogen-bond donors (Lipinski definition) is 1. The first-order valence-electron chi connectivity index (χ1n) is 6.47. The number of carbonyl (C=O) groups is 1. The first kappa shape index (κ1) is 14.7. The summed E-state index contributed by atoms with van der Waals surface area (Å²) in [6, 6.07) is -0.932. The maximum Gasteiger partial charge on any atom is 0.322 e. The first-order chi connectivity index (χ1) is 8.82. The lowest BCUT2D eigenvalue weighted by Gasteiger charge is -2.37. The molecule has 8 heteroatoms. The second kappa shape index (κ2) is 5.35. The third-order valence-corrected chi connectivity index (χ3v) is 5.48. The van der Waals surface area contributed by atoms with Gasteiger partial charge in [-0.2, -0.15) is 17.0 Å². The Balaban J connectivity index is 2.19. The van der Waals surface area contributed by atoms with E-state index >= 15 is 0 Å². The number of carboxylic acid groups (broad SMARTS) is 1. The number of nitrogens with zero attached hydrogens (tertiary/aromatic N) is 2. The summed E-state index contributed by atoms with van der Waals surface area (Å²) in [4.78, 5) is 11.1. The average molecular weight is 292 g/mol. The summed E-state index contributed by atoms with van der Waals surface area (Å²) in [6.45, 7) is 4.46. The maximum atomic E-state index is 12.5. The van der Waals surface area contributed by atoms with Crippen molar-refractivity contribution in [3.63, 3.8) is 0 Å². The smallest absolute Gasteiger partial charge is 0.322 e. The van der Waals surface area contributed by atoms with Crippen molar-refractivity contribution in [2.45, 2.75) is 44.9 Å². The van der Waals surface area contributed by atoms with Gasteiger partial charge in [-0.25, -0.2) is 0 Å². The van der Waals surface area contributed by atoms with E-state index in [2.05, 4.69) is 0 Å². The molecule has 0 amide bonds. The van der Waals surface area contributed by atoms with Gasteiger partial charge in [0.2, 0.25) is 0 Å². The van der Waals surface area contributed by atoms with E-state index in [9.17, 15) is 13.2 Å². The molecular weight excluding hydrogens is 272 g/mol. The molecule has 0 aliphatic carbocycles. The van der Waals surface area contributed by atoms with Crippen LogP contribution < -0.4 is 0 Å². The van der Waals surface area contributed by atoms with E-state index in [0.717, 1.165) is 4.31 Å².